The van der Waals surface area contributed by atoms with Gasteiger partial charge >= 0.3 is 0 Å². The second-order valence-corrected chi connectivity index (χ2v) is 7.13. The summed E-state index contributed by atoms with van der Waals surface area (Å²) in [6.45, 7) is 4.34. The standard InChI is InChI=1S/C19H25NO3/c1-3-8-19-10-13(21)5-7-15(19)11(2)9-12-4-6-14(18(20)23)17(22)16(12)19/h4-7,11,13,15,21-22H,3,8-10H2,1-2H3,(H2,20,23)/t11-,13+,15+,19+/m1/s1. The van der Waals surface area contributed by atoms with Crippen LogP contribution in [0.3, 0.4) is 0 Å². The molecule has 124 valence electrons. The molecule has 2 aliphatic rings. The first-order valence-corrected chi connectivity index (χ1v) is 8.42. The SMILES string of the molecule is CCC[C@]12C[C@@H](O)C=C[C@H]1[C@H](C)Cc1ccc(C(N)=O)c(O)c12. The number of carbonyl (C=O) groups excluding carboxylic acids is 1. The Morgan fingerprint density at radius 3 is 2.78 bits per heavy atom. The molecule has 0 spiro atoms. The van der Waals surface area contributed by atoms with Crippen LogP contribution in [0.4, 0.5) is 0 Å². The van der Waals surface area contributed by atoms with Crippen LogP contribution >= 0.6 is 0 Å². The highest BCUT2D eigenvalue weighted by Gasteiger charge is 2.49. The number of rotatable bonds is 3. The lowest BCUT2D eigenvalue weighted by Gasteiger charge is -2.50. The van der Waals surface area contributed by atoms with Gasteiger partial charge in [-0.15, -0.1) is 0 Å². The van der Waals surface area contributed by atoms with E-state index >= 15 is 0 Å². The molecule has 1 aromatic rings. The molecule has 0 aliphatic heterocycles. The molecule has 2 aliphatic carbocycles. The van der Waals surface area contributed by atoms with Gasteiger partial charge < -0.3 is 15.9 Å². The van der Waals surface area contributed by atoms with Crippen molar-refractivity contribution in [1.29, 1.82) is 0 Å². The molecule has 0 fully saturated rings. The Morgan fingerprint density at radius 2 is 2.13 bits per heavy atom. The van der Waals surface area contributed by atoms with E-state index in [4.69, 9.17) is 5.73 Å². The Labute approximate surface area is 137 Å². The molecule has 23 heavy (non-hydrogen) atoms. The smallest absolute Gasteiger partial charge is 0.252 e. The van der Waals surface area contributed by atoms with Crippen molar-refractivity contribution in [3.05, 3.63) is 41.0 Å². The van der Waals surface area contributed by atoms with Crippen molar-refractivity contribution in [2.75, 3.05) is 0 Å². The quantitative estimate of drug-likeness (QED) is 0.750. The van der Waals surface area contributed by atoms with Crippen LogP contribution in [0, 0.1) is 11.8 Å². The molecule has 0 heterocycles. The molecular weight excluding hydrogens is 290 g/mol. The van der Waals surface area contributed by atoms with Crippen LogP contribution in [0.2, 0.25) is 0 Å². The molecule has 4 atom stereocenters. The van der Waals surface area contributed by atoms with Crippen molar-refractivity contribution >= 4 is 5.91 Å². The van der Waals surface area contributed by atoms with Gasteiger partial charge in [0, 0.05) is 11.0 Å². The number of allylic oxidation sites excluding steroid dienone is 1. The van der Waals surface area contributed by atoms with Crippen LogP contribution in [0.25, 0.3) is 0 Å². The number of hydrogen-bond donors (Lipinski definition) is 3. The van der Waals surface area contributed by atoms with Crippen molar-refractivity contribution in [3.63, 3.8) is 0 Å². The Bertz CT molecular complexity index is 667. The molecule has 3 rings (SSSR count). The van der Waals surface area contributed by atoms with Gasteiger partial charge in [0.15, 0.2) is 0 Å². The highest BCUT2D eigenvalue weighted by atomic mass is 16.3. The summed E-state index contributed by atoms with van der Waals surface area (Å²) in [6.07, 6.45) is 6.71. The second-order valence-electron chi connectivity index (χ2n) is 7.13. The van der Waals surface area contributed by atoms with Crippen molar-refractivity contribution in [2.45, 2.75) is 51.0 Å². The van der Waals surface area contributed by atoms with E-state index < -0.39 is 12.0 Å². The summed E-state index contributed by atoms with van der Waals surface area (Å²) in [5.74, 6) is 0.0888. The van der Waals surface area contributed by atoms with Crippen LogP contribution < -0.4 is 5.73 Å². The first kappa shape index (κ1) is 16.1. The lowest BCUT2D eigenvalue weighted by molar-refractivity contribution is 0.0951. The van der Waals surface area contributed by atoms with Gasteiger partial charge in [-0.2, -0.15) is 0 Å². The molecule has 4 nitrogen and oxygen atoms in total. The van der Waals surface area contributed by atoms with Gasteiger partial charge in [-0.25, -0.2) is 0 Å². The molecule has 4 heteroatoms. The Kier molecular flexibility index (Phi) is 3.96. The van der Waals surface area contributed by atoms with Gasteiger partial charge in [-0.1, -0.05) is 38.5 Å². The fourth-order valence-electron chi connectivity index (χ4n) is 4.88. The zero-order valence-corrected chi connectivity index (χ0v) is 13.7. The summed E-state index contributed by atoms with van der Waals surface area (Å²) >= 11 is 0. The number of amides is 1. The number of nitrogens with two attached hydrogens (primary N) is 1. The van der Waals surface area contributed by atoms with Crippen LogP contribution in [-0.4, -0.2) is 22.2 Å². The van der Waals surface area contributed by atoms with Gasteiger partial charge in [0.1, 0.15) is 5.75 Å². The Balaban J connectivity index is 2.28. The highest BCUT2D eigenvalue weighted by Crippen LogP contribution is 2.55. The van der Waals surface area contributed by atoms with Crippen LogP contribution in [0.5, 0.6) is 5.75 Å². The normalized spacial score (nSPS) is 32.2. The van der Waals surface area contributed by atoms with E-state index in [9.17, 15) is 15.0 Å². The van der Waals surface area contributed by atoms with Gasteiger partial charge in [0.05, 0.1) is 11.7 Å². The highest BCUT2D eigenvalue weighted by molar-refractivity contribution is 5.96. The molecule has 0 aromatic heterocycles. The first-order valence-electron chi connectivity index (χ1n) is 8.42. The number of carbonyl (C=O) groups is 1. The third kappa shape index (κ3) is 2.36. The zero-order valence-electron chi connectivity index (χ0n) is 13.7. The average Bonchev–Trinajstić information content (AvgIpc) is 2.46. The summed E-state index contributed by atoms with van der Waals surface area (Å²) in [5.41, 5.74) is 7.19. The maximum absolute atomic E-state index is 11.7. The first-order chi connectivity index (χ1) is 10.9. The fraction of sp³-hybridized carbons (Fsp3) is 0.526. The predicted octanol–water partition coefficient (Wildman–Crippen LogP) is 2.66. The van der Waals surface area contributed by atoms with Gasteiger partial charge in [0.25, 0.3) is 5.91 Å². The molecule has 0 bridgehead atoms. The Hall–Kier alpha value is -1.81. The molecule has 0 radical (unpaired) electrons. The molecule has 0 saturated heterocycles. The third-order valence-corrected chi connectivity index (χ3v) is 5.63. The molecule has 4 N–H and O–H groups in total. The lowest BCUT2D eigenvalue weighted by Crippen LogP contribution is -2.47. The van der Waals surface area contributed by atoms with Crippen molar-refractivity contribution in [3.8, 4) is 5.75 Å². The Morgan fingerprint density at radius 1 is 1.39 bits per heavy atom. The van der Waals surface area contributed by atoms with Crippen molar-refractivity contribution in [1.82, 2.24) is 0 Å². The monoisotopic (exact) mass is 315 g/mol. The van der Waals surface area contributed by atoms with Crippen molar-refractivity contribution < 1.29 is 15.0 Å². The van der Waals surface area contributed by atoms with E-state index in [1.165, 1.54) is 0 Å². The summed E-state index contributed by atoms with van der Waals surface area (Å²) in [6, 6.07) is 3.54. The van der Waals surface area contributed by atoms with E-state index in [1.807, 2.05) is 12.1 Å². The number of primary amides is 1. The maximum atomic E-state index is 11.7. The number of aliphatic hydroxyl groups excluding tert-OH is 1. The lowest BCUT2D eigenvalue weighted by atomic mass is 9.53. The molecule has 0 saturated carbocycles. The average molecular weight is 315 g/mol. The number of aliphatic hydroxyl groups is 1. The summed E-state index contributed by atoms with van der Waals surface area (Å²) in [7, 11) is 0. The minimum absolute atomic E-state index is 0.0165. The topological polar surface area (TPSA) is 83.5 Å². The third-order valence-electron chi connectivity index (χ3n) is 5.63. The minimum atomic E-state index is -0.612. The molecular formula is C19H25NO3. The minimum Gasteiger partial charge on any atom is -0.507 e. The van der Waals surface area contributed by atoms with E-state index in [0.717, 1.165) is 30.4 Å². The van der Waals surface area contributed by atoms with E-state index in [0.29, 0.717) is 12.3 Å². The zero-order chi connectivity index (χ0) is 16.8. The van der Waals surface area contributed by atoms with Gasteiger partial charge in [0.2, 0.25) is 0 Å². The van der Waals surface area contributed by atoms with Crippen molar-refractivity contribution in [2.24, 2.45) is 17.6 Å². The number of fused-ring (bicyclic) bond motifs is 3. The summed E-state index contributed by atoms with van der Waals surface area (Å²) in [5, 5.41) is 21.1. The van der Waals surface area contributed by atoms with Gasteiger partial charge in [-0.3, -0.25) is 4.79 Å². The number of hydrogen-bond acceptors (Lipinski definition) is 3. The van der Waals surface area contributed by atoms with E-state index in [2.05, 4.69) is 19.9 Å². The molecule has 0 unspecified atom stereocenters. The second kappa shape index (κ2) is 5.68. The number of aromatic hydroxyl groups is 1. The number of benzene rings is 1. The van der Waals surface area contributed by atoms with E-state index in [1.54, 1.807) is 6.07 Å². The largest absolute Gasteiger partial charge is 0.507 e. The number of phenols is 1. The molecule has 1 amide bonds. The van der Waals surface area contributed by atoms with Crippen LogP contribution in [-0.2, 0) is 11.8 Å². The maximum Gasteiger partial charge on any atom is 0.252 e. The summed E-state index contributed by atoms with van der Waals surface area (Å²) in [4.78, 5) is 11.7. The van der Waals surface area contributed by atoms with E-state index in [-0.39, 0.29) is 22.6 Å². The summed E-state index contributed by atoms with van der Waals surface area (Å²) < 4.78 is 0. The van der Waals surface area contributed by atoms with Crippen LogP contribution in [0.1, 0.15) is 54.6 Å². The molecule has 1 aromatic carbocycles. The predicted molar refractivity (Wildman–Crippen MR) is 89.3 cm³/mol. The fourth-order valence-corrected chi connectivity index (χ4v) is 4.88. The van der Waals surface area contributed by atoms with Crippen LogP contribution in [0.15, 0.2) is 24.3 Å². The van der Waals surface area contributed by atoms with Gasteiger partial charge in [-0.05, 0) is 42.7 Å².